The van der Waals surface area contributed by atoms with Crippen molar-refractivity contribution in [3.05, 3.63) is 101 Å². The van der Waals surface area contributed by atoms with E-state index < -0.39 is 47.3 Å². The SMILES string of the molecule is CCCOc1cccc2c1CN[C@@H]([C@@H](O)[C@H](Cc1cc(F)cc(F)c1)NC(=O)[C@H](CCc1ccccc1)N1CC[C@](NC(C)=O)(C(C)CC)C1=O)C2. The average Bonchev–Trinajstić information content (AvgIpc) is 3.44. The molecule has 11 heteroatoms. The molecule has 0 bridgehead atoms. The molecule has 2 aliphatic heterocycles. The lowest BCUT2D eigenvalue weighted by Crippen LogP contribution is -2.61. The largest absolute Gasteiger partial charge is 0.493 e. The van der Waals surface area contributed by atoms with Crippen molar-refractivity contribution in [1.29, 1.82) is 0 Å². The van der Waals surface area contributed by atoms with Crippen LogP contribution >= 0.6 is 0 Å². The standard InChI is InChI=1S/C41H52F2N4O5/c1-5-19-52-37-14-10-13-30-23-34(44-25-33(30)37)38(49)35(22-29-20-31(42)24-32(43)21-29)45-39(50)36(16-15-28-11-8-7-9-12-28)47-18-17-41(40(47)51,26(3)6-2)46-27(4)48/h7-14,20-21,24,26,34-36,38,44,49H,5-6,15-19,22-23,25H2,1-4H3,(H,45,50)(H,46,48)/t26?,34-,35+,36+,38-,41+/m1/s1. The summed E-state index contributed by atoms with van der Waals surface area (Å²) in [4.78, 5) is 42.8. The second-order valence-corrected chi connectivity index (χ2v) is 14.3. The molecule has 2 aliphatic rings. The molecule has 3 amide bonds. The van der Waals surface area contributed by atoms with Crippen molar-refractivity contribution in [1.82, 2.24) is 20.9 Å². The zero-order valence-corrected chi connectivity index (χ0v) is 30.6. The van der Waals surface area contributed by atoms with Crippen LogP contribution in [0.4, 0.5) is 8.78 Å². The molecule has 9 nitrogen and oxygen atoms in total. The topological polar surface area (TPSA) is 120 Å². The van der Waals surface area contributed by atoms with Gasteiger partial charge in [-0.2, -0.15) is 0 Å². The Morgan fingerprint density at radius 1 is 1.06 bits per heavy atom. The first-order valence-electron chi connectivity index (χ1n) is 18.5. The number of nitrogens with zero attached hydrogens (tertiary/aromatic N) is 1. The molecule has 1 unspecified atom stereocenters. The molecule has 1 saturated heterocycles. The predicted octanol–water partition coefficient (Wildman–Crippen LogP) is 5.01. The fraction of sp³-hybridized carbons (Fsp3) is 0.488. The third-order valence-corrected chi connectivity index (χ3v) is 10.7. The number of rotatable bonds is 16. The maximum Gasteiger partial charge on any atom is 0.249 e. The fourth-order valence-corrected chi connectivity index (χ4v) is 7.73. The number of hydrogen-bond acceptors (Lipinski definition) is 6. The van der Waals surface area contributed by atoms with Gasteiger partial charge in [-0.05, 0) is 79.3 Å². The summed E-state index contributed by atoms with van der Waals surface area (Å²) in [5.74, 6) is -2.05. The summed E-state index contributed by atoms with van der Waals surface area (Å²) in [6, 6.07) is 16.2. The van der Waals surface area contributed by atoms with E-state index in [0.29, 0.717) is 38.8 Å². The molecule has 52 heavy (non-hydrogen) atoms. The molecule has 4 N–H and O–H groups in total. The third-order valence-electron chi connectivity index (χ3n) is 10.7. The number of carbonyl (C=O) groups is 3. The first-order valence-corrected chi connectivity index (χ1v) is 18.5. The number of carbonyl (C=O) groups excluding carboxylic acids is 3. The Morgan fingerprint density at radius 2 is 1.79 bits per heavy atom. The molecule has 0 aromatic heterocycles. The first kappa shape index (κ1) is 38.9. The van der Waals surface area contributed by atoms with Crippen LogP contribution in [0.25, 0.3) is 0 Å². The molecule has 2 heterocycles. The lowest BCUT2D eigenvalue weighted by molar-refractivity contribution is -0.144. The van der Waals surface area contributed by atoms with Crippen molar-refractivity contribution >= 4 is 17.7 Å². The van der Waals surface area contributed by atoms with Crippen molar-refractivity contribution in [2.45, 2.75) is 109 Å². The van der Waals surface area contributed by atoms with Gasteiger partial charge in [0, 0.05) is 37.7 Å². The second-order valence-electron chi connectivity index (χ2n) is 14.3. The van der Waals surface area contributed by atoms with Crippen LogP contribution in [-0.2, 0) is 40.2 Å². The number of benzene rings is 3. The van der Waals surface area contributed by atoms with Gasteiger partial charge in [-0.15, -0.1) is 0 Å². The highest BCUT2D eigenvalue weighted by Gasteiger charge is 2.53. The van der Waals surface area contributed by atoms with Crippen molar-refractivity contribution in [3.63, 3.8) is 0 Å². The van der Waals surface area contributed by atoms with Crippen LogP contribution in [0.3, 0.4) is 0 Å². The second kappa shape index (κ2) is 17.4. The highest BCUT2D eigenvalue weighted by Crippen LogP contribution is 2.35. The van der Waals surface area contributed by atoms with Crippen LogP contribution in [-0.4, -0.2) is 70.6 Å². The Kier molecular flexibility index (Phi) is 13.0. The minimum atomic E-state index is -1.17. The molecule has 0 radical (unpaired) electrons. The van der Waals surface area contributed by atoms with E-state index in [0.717, 1.165) is 34.9 Å². The summed E-state index contributed by atoms with van der Waals surface area (Å²) in [5.41, 5.74) is 2.11. The maximum atomic E-state index is 14.5. The van der Waals surface area contributed by atoms with Gasteiger partial charge >= 0.3 is 0 Å². The third kappa shape index (κ3) is 8.98. The summed E-state index contributed by atoms with van der Waals surface area (Å²) >= 11 is 0. The lowest BCUT2D eigenvalue weighted by Gasteiger charge is -2.37. The van der Waals surface area contributed by atoms with E-state index in [1.807, 2.05) is 69.3 Å². The van der Waals surface area contributed by atoms with Crippen molar-refractivity contribution < 1.29 is 33.0 Å². The van der Waals surface area contributed by atoms with E-state index in [2.05, 4.69) is 16.0 Å². The van der Waals surface area contributed by atoms with Gasteiger partial charge in [0.2, 0.25) is 17.7 Å². The molecule has 0 saturated carbocycles. The molecule has 3 aromatic carbocycles. The van der Waals surface area contributed by atoms with E-state index in [1.165, 1.54) is 19.1 Å². The summed E-state index contributed by atoms with van der Waals surface area (Å²) in [5, 5.41) is 21.4. The molecule has 1 fully saturated rings. The first-order chi connectivity index (χ1) is 24.9. The summed E-state index contributed by atoms with van der Waals surface area (Å²) < 4.78 is 34.8. The lowest BCUT2D eigenvalue weighted by atomic mass is 9.81. The highest BCUT2D eigenvalue weighted by atomic mass is 19.1. The number of likely N-dealkylation sites (tertiary alicyclic amines) is 1. The Bertz CT molecular complexity index is 1690. The van der Waals surface area contributed by atoms with Gasteiger partial charge in [0.1, 0.15) is 29.0 Å². The number of nitrogens with one attached hydrogen (secondary N) is 3. The van der Waals surface area contributed by atoms with Crippen molar-refractivity contribution in [2.24, 2.45) is 5.92 Å². The number of halogens is 2. The quantitative estimate of drug-likeness (QED) is 0.165. The van der Waals surface area contributed by atoms with E-state index in [4.69, 9.17) is 4.74 Å². The van der Waals surface area contributed by atoms with Crippen molar-refractivity contribution in [2.75, 3.05) is 13.2 Å². The molecule has 5 rings (SSSR count). The number of aliphatic hydroxyl groups excluding tert-OH is 1. The van der Waals surface area contributed by atoms with Gasteiger partial charge in [0.25, 0.3) is 0 Å². The van der Waals surface area contributed by atoms with Crippen LogP contribution in [0.1, 0.15) is 75.6 Å². The zero-order chi connectivity index (χ0) is 37.4. The van der Waals surface area contributed by atoms with Crippen LogP contribution in [0.2, 0.25) is 0 Å². The molecule has 6 atom stereocenters. The highest BCUT2D eigenvalue weighted by molar-refractivity contribution is 5.96. The van der Waals surface area contributed by atoms with Crippen LogP contribution in [0.15, 0.2) is 66.7 Å². The molecule has 0 spiro atoms. The van der Waals surface area contributed by atoms with Crippen molar-refractivity contribution in [3.8, 4) is 5.75 Å². The van der Waals surface area contributed by atoms with Gasteiger partial charge in [-0.25, -0.2) is 8.78 Å². The number of aliphatic hydroxyl groups is 1. The summed E-state index contributed by atoms with van der Waals surface area (Å²) in [6.45, 7) is 8.57. The number of aryl methyl sites for hydroxylation is 1. The monoisotopic (exact) mass is 718 g/mol. The average molecular weight is 719 g/mol. The van der Waals surface area contributed by atoms with Gasteiger partial charge in [-0.3, -0.25) is 14.4 Å². The van der Waals surface area contributed by atoms with Crippen LogP contribution in [0.5, 0.6) is 5.75 Å². The van der Waals surface area contributed by atoms with Gasteiger partial charge in [0.05, 0.1) is 18.8 Å². The Labute approximate surface area is 305 Å². The van der Waals surface area contributed by atoms with E-state index >= 15 is 0 Å². The zero-order valence-electron chi connectivity index (χ0n) is 30.6. The van der Waals surface area contributed by atoms with E-state index in [9.17, 15) is 28.3 Å². The normalized spacial score (nSPS) is 20.8. The minimum Gasteiger partial charge on any atom is -0.493 e. The van der Waals surface area contributed by atoms with Gasteiger partial charge < -0.3 is 30.7 Å². The summed E-state index contributed by atoms with van der Waals surface area (Å²) in [6.07, 6.45) is 1.82. The van der Waals surface area contributed by atoms with Gasteiger partial charge in [0.15, 0.2) is 0 Å². The minimum absolute atomic E-state index is 0.0612. The van der Waals surface area contributed by atoms with Gasteiger partial charge in [-0.1, -0.05) is 69.7 Å². The Morgan fingerprint density at radius 3 is 2.46 bits per heavy atom. The molecule has 0 aliphatic carbocycles. The molecule has 3 aromatic rings. The number of amides is 3. The number of ether oxygens (including phenoxy) is 1. The molecular weight excluding hydrogens is 666 g/mol. The van der Waals surface area contributed by atoms with Crippen LogP contribution < -0.4 is 20.7 Å². The summed E-state index contributed by atoms with van der Waals surface area (Å²) in [7, 11) is 0. The maximum absolute atomic E-state index is 14.5. The number of fused-ring (bicyclic) bond motifs is 1. The Balaban J connectivity index is 1.45. The molecular formula is C41H52F2N4O5. The smallest absolute Gasteiger partial charge is 0.249 e. The molecule has 280 valence electrons. The number of hydrogen-bond donors (Lipinski definition) is 4. The predicted molar refractivity (Wildman–Crippen MR) is 195 cm³/mol. The van der Waals surface area contributed by atoms with E-state index in [-0.39, 0.29) is 42.7 Å². The fourth-order valence-electron chi connectivity index (χ4n) is 7.73. The Hall–Kier alpha value is -4.35. The van der Waals surface area contributed by atoms with E-state index in [1.54, 1.807) is 4.90 Å². The van der Waals surface area contributed by atoms with Crippen LogP contribution in [0, 0.1) is 17.6 Å².